The second kappa shape index (κ2) is 11.6. The largest absolute Gasteiger partial charge is 0.573 e. The molecule has 0 radical (unpaired) electrons. The summed E-state index contributed by atoms with van der Waals surface area (Å²) in [4.78, 5) is 0. The van der Waals surface area contributed by atoms with Gasteiger partial charge in [-0.25, -0.2) is 17.6 Å². The lowest BCUT2D eigenvalue weighted by Crippen LogP contribution is -2.26. The second-order valence-electron chi connectivity index (χ2n) is 9.80. The Kier molecular flexibility index (Phi) is 8.60. The minimum absolute atomic E-state index is 0.171. The smallest absolute Gasteiger partial charge is 0.428 e. The van der Waals surface area contributed by atoms with Gasteiger partial charge in [0.2, 0.25) is 5.75 Å². The molecule has 2 nitrogen and oxygen atoms in total. The average molecular weight is 576 g/mol. The lowest BCUT2D eigenvalue weighted by atomic mass is 9.77. The summed E-state index contributed by atoms with van der Waals surface area (Å²) >= 11 is 0. The summed E-state index contributed by atoms with van der Waals surface area (Å²) in [7, 11) is 0. The molecule has 216 valence electrons. The summed E-state index contributed by atoms with van der Waals surface area (Å²) in [6, 6.07) is 7.14. The Labute approximate surface area is 224 Å². The van der Waals surface area contributed by atoms with E-state index in [9.17, 15) is 30.7 Å². The van der Waals surface area contributed by atoms with Gasteiger partial charge in [-0.2, -0.15) is 8.78 Å². The fourth-order valence-corrected chi connectivity index (χ4v) is 5.21. The van der Waals surface area contributed by atoms with Crippen molar-refractivity contribution >= 4 is 0 Å². The van der Waals surface area contributed by atoms with Gasteiger partial charge >= 0.3 is 12.5 Å². The zero-order valence-electron chi connectivity index (χ0n) is 21.2. The third-order valence-electron chi connectivity index (χ3n) is 7.02. The summed E-state index contributed by atoms with van der Waals surface area (Å²) in [5.41, 5.74) is -2.22. The first kappa shape index (κ1) is 29.6. The van der Waals surface area contributed by atoms with Gasteiger partial charge < -0.3 is 9.47 Å². The third kappa shape index (κ3) is 6.67. The zero-order chi connectivity index (χ0) is 29.2. The number of benzene rings is 3. The maximum absolute atomic E-state index is 15.2. The van der Waals surface area contributed by atoms with Crippen LogP contribution in [0.1, 0.15) is 62.5 Å². The van der Waals surface area contributed by atoms with Crippen molar-refractivity contribution in [2.75, 3.05) is 0 Å². The fourth-order valence-electron chi connectivity index (χ4n) is 5.21. The van der Waals surface area contributed by atoms with Gasteiger partial charge in [0.05, 0.1) is 0 Å². The van der Waals surface area contributed by atoms with E-state index in [1.807, 2.05) is 0 Å². The molecular weight excluding hydrogens is 551 g/mol. The third-order valence-corrected chi connectivity index (χ3v) is 7.02. The van der Waals surface area contributed by atoms with Crippen LogP contribution in [0, 0.1) is 29.2 Å². The lowest BCUT2D eigenvalue weighted by molar-refractivity contribution is -0.276. The zero-order valence-corrected chi connectivity index (χ0v) is 21.2. The molecule has 0 amide bonds. The molecule has 1 aliphatic rings. The van der Waals surface area contributed by atoms with Crippen LogP contribution in [-0.2, 0) is 6.11 Å². The van der Waals surface area contributed by atoms with Crippen LogP contribution in [0.3, 0.4) is 0 Å². The van der Waals surface area contributed by atoms with Gasteiger partial charge in [-0.05, 0) is 79.0 Å². The maximum Gasteiger partial charge on any atom is 0.573 e. The number of alkyl halides is 5. The van der Waals surface area contributed by atoms with E-state index < -0.39 is 58.4 Å². The van der Waals surface area contributed by atoms with E-state index in [4.69, 9.17) is 0 Å². The van der Waals surface area contributed by atoms with Gasteiger partial charge in [-0.15, -0.1) is 13.2 Å². The van der Waals surface area contributed by atoms with E-state index in [-0.39, 0.29) is 17.0 Å². The topological polar surface area (TPSA) is 18.5 Å². The van der Waals surface area contributed by atoms with E-state index in [2.05, 4.69) is 16.4 Å². The summed E-state index contributed by atoms with van der Waals surface area (Å²) in [6.07, 6.45) is -4.72. The molecular formula is C29H25F9O2. The number of para-hydroxylation sites is 1. The minimum atomic E-state index is -5.38. The van der Waals surface area contributed by atoms with Crippen molar-refractivity contribution in [1.82, 2.24) is 0 Å². The molecule has 0 atom stereocenters. The average Bonchev–Trinajstić information content (AvgIpc) is 2.85. The van der Waals surface area contributed by atoms with Crippen molar-refractivity contribution in [2.24, 2.45) is 5.92 Å². The number of rotatable bonds is 8. The number of hydrogen-bond donors (Lipinski definition) is 0. The predicted molar refractivity (Wildman–Crippen MR) is 129 cm³/mol. The number of hydrogen-bond acceptors (Lipinski definition) is 2. The van der Waals surface area contributed by atoms with E-state index in [1.165, 1.54) is 12.1 Å². The first-order chi connectivity index (χ1) is 18.8. The molecule has 0 aliphatic heterocycles. The Morgan fingerprint density at radius 3 is 1.88 bits per heavy atom. The van der Waals surface area contributed by atoms with Gasteiger partial charge in [0.25, 0.3) is 0 Å². The lowest BCUT2D eigenvalue weighted by Gasteiger charge is -2.29. The molecule has 0 spiro atoms. The van der Waals surface area contributed by atoms with Crippen molar-refractivity contribution < 1.29 is 49.0 Å². The molecule has 40 heavy (non-hydrogen) atoms. The van der Waals surface area contributed by atoms with Crippen LogP contribution in [0.5, 0.6) is 11.5 Å². The Balaban J connectivity index is 1.61. The highest BCUT2D eigenvalue weighted by Crippen LogP contribution is 2.43. The molecule has 3 aromatic carbocycles. The van der Waals surface area contributed by atoms with Crippen molar-refractivity contribution in [3.8, 4) is 22.6 Å². The van der Waals surface area contributed by atoms with Gasteiger partial charge in [0, 0.05) is 5.56 Å². The van der Waals surface area contributed by atoms with Crippen LogP contribution >= 0.6 is 0 Å². The maximum atomic E-state index is 15.2. The van der Waals surface area contributed by atoms with E-state index in [0.29, 0.717) is 30.9 Å². The highest BCUT2D eigenvalue weighted by atomic mass is 19.4. The quantitative estimate of drug-likeness (QED) is 0.249. The molecule has 1 saturated carbocycles. The Bertz CT molecular complexity index is 1300. The molecule has 1 aliphatic carbocycles. The second-order valence-corrected chi connectivity index (χ2v) is 9.80. The monoisotopic (exact) mass is 576 g/mol. The fraction of sp³-hybridized carbons (Fsp3) is 0.379. The van der Waals surface area contributed by atoms with Gasteiger partial charge in [0.15, 0.2) is 11.6 Å². The molecule has 11 heteroatoms. The first-order valence-electron chi connectivity index (χ1n) is 12.7. The van der Waals surface area contributed by atoms with Crippen LogP contribution < -0.4 is 9.47 Å². The van der Waals surface area contributed by atoms with E-state index >= 15 is 8.78 Å². The molecule has 0 unspecified atom stereocenters. The minimum Gasteiger partial charge on any atom is -0.428 e. The normalized spacial score (nSPS) is 18.1. The van der Waals surface area contributed by atoms with E-state index in [0.717, 1.165) is 49.9 Å². The van der Waals surface area contributed by atoms with Crippen LogP contribution in [0.25, 0.3) is 11.1 Å². The van der Waals surface area contributed by atoms with Gasteiger partial charge in [-0.3, -0.25) is 0 Å². The summed E-state index contributed by atoms with van der Waals surface area (Å²) in [5, 5.41) is 0. The molecule has 0 saturated heterocycles. The molecule has 0 heterocycles. The highest BCUT2D eigenvalue weighted by Gasteiger charge is 2.42. The number of halogens is 9. The SMILES string of the molecule is CCC[C@H]1CC[C@H](c2cc(F)c(C(F)(F)Oc3ccccc3-c3cc(F)c(OC(F)(F)F)c(F)c3)c(F)c2)CC1. The Morgan fingerprint density at radius 1 is 0.750 bits per heavy atom. The molecule has 1 fully saturated rings. The van der Waals surface area contributed by atoms with Crippen LogP contribution in [0.2, 0.25) is 0 Å². The van der Waals surface area contributed by atoms with Gasteiger partial charge in [0.1, 0.15) is 22.9 Å². The summed E-state index contributed by atoms with van der Waals surface area (Å²) < 4.78 is 134. The molecule has 3 aromatic rings. The van der Waals surface area contributed by atoms with Crippen molar-refractivity contribution in [1.29, 1.82) is 0 Å². The van der Waals surface area contributed by atoms with Crippen molar-refractivity contribution in [3.63, 3.8) is 0 Å². The van der Waals surface area contributed by atoms with E-state index in [1.54, 1.807) is 0 Å². The van der Waals surface area contributed by atoms with Crippen LogP contribution in [0.15, 0.2) is 48.5 Å². The highest BCUT2D eigenvalue weighted by molar-refractivity contribution is 5.71. The Morgan fingerprint density at radius 2 is 1.32 bits per heavy atom. The predicted octanol–water partition coefficient (Wildman–Crippen LogP) is 10.0. The number of ether oxygens (including phenoxy) is 2. The van der Waals surface area contributed by atoms with Crippen molar-refractivity contribution in [3.05, 3.63) is 82.9 Å². The molecule has 0 aromatic heterocycles. The standard InChI is InChI=1S/C29H25F9O2/c1-2-5-16-8-10-17(11-9-16)18-12-21(30)26(22(31)13-18)28(34,35)39-25-7-4-3-6-20(25)19-14-23(32)27(24(33)15-19)40-29(36,37)38/h3-4,6-7,12-17H,2,5,8-11H2,1H3/t16-,17-. The summed E-state index contributed by atoms with van der Waals surface area (Å²) in [6.45, 7) is 2.08. The molecule has 4 rings (SSSR count). The Hall–Kier alpha value is -3.37. The molecule has 0 N–H and O–H groups in total. The van der Waals surface area contributed by atoms with Gasteiger partial charge in [-0.1, -0.05) is 38.0 Å². The van der Waals surface area contributed by atoms with Crippen LogP contribution in [0.4, 0.5) is 39.5 Å². The van der Waals surface area contributed by atoms with Crippen LogP contribution in [-0.4, -0.2) is 6.36 Å². The first-order valence-corrected chi connectivity index (χ1v) is 12.7. The van der Waals surface area contributed by atoms with Crippen molar-refractivity contribution in [2.45, 2.75) is 63.8 Å². The molecule has 0 bridgehead atoms. The summed E-state index contributed by atoms with van der Waals surface area (Å²) in [5.74, 6) is -8.65.